The van der Waals surface area contributed by atoms with E-state index in [4.69, 9.17) is 0 Å². The van der Waals surface area contributed by atoms with Crippen LogP contribution in [0.2, 0.25) is 0 Å². The van der Waals surface area contributed by atoms with Crippen LogP contribution in [0, 0.1) is 0 Å². The van der Waals surface area contributed by atoms with Crippen molar-refractivity contribution >= 4 is 0 Å². The predicted molar refractivity (Wildman–Crippen MR) is 101 cm³/mol. The second-order valence-corrected chi connectivity index (χ2v) is 6.77. The maximum absolute atomic E-state index is 3.11. The van der Waals surface area contributed by atoms with Gasteiger partial charge in [0.05, 0.1) is 0 Å². The fraction of sp³-hybridized carbons (Fsp3) is 1.00. The minimum Gasteiger partial charge on any atom is -0.303 e. The molecule has 2 N–H and O–H groups in total. The molecule has 1 saturated heterocycles. The van der Waals surface area contributed by atoms with Crippen LogP contribution in [0.25, 0.3) is 0 Å². The topological polar surface area (TPSA) is 24.1 Å². The van der Waals surface area contributed by atoms with Crippen molar-refractivity contribution in [2.45, 2.75) is 110 Å². The Hall–Kier alpha value is -0.0800. The van der Waals surface area contributed by atoms with Gasteiger partial charge in [0.15, 0.2) is 0 Å². The third-order valence-electron chi connectivity index (χ3n) is 4.44. The minimum absolute atomic E-state index is 1.00. The quantitative estimate of drug-likeness (QED) is 0.383. The summed E-state index contributed by atoms with van der Waals surface area (Å²) in [6, 6.07) is 0. The van der Waals surface area contributed by atoms with Crippen LogP contribution in [0.5, 0.6) is 0 Å². The Labute approximate surface area is 141 Å². The standard InChI is InChI=1S/C17H36.C3H8N2/c1-3-5-7-9-11-13-15-17-16-14-12-10-8-6-4-2;1-2-5-3-4-1/h3-17H2,1-2H3;4-5H,1-3H2. The van der Waals surface area contributed by atoms with Crippen LogP contribution in [0.3, 0.4) is 0 Å². The summed E-state index contributed by atoms with van der Waals surface area (Å²) in [5.41, 5.74) is 0. The van der Waals surface area contributed by atoms with Crippen LogP contribution < -0.4 is 10.6 Å². The highest BCUT2D eigenvalue weighted by molar-refractivity contribution is 4.55. The van der Waals surface area contributed by atoms with Crippen molar-refractivity contribution in [1.82, 2.24) is 10.6 Å². The normalized spacial score (nSPS) is 13.9. The molecule has 0 aromatic carbocycles. The van der Waals surface area contributed by atoms with Gasteiger partial charge in [-0.1, -0.05) is 110 Å². The lowest BCUT2D eigenvalue weighted by Crippen LogP contribution is -2.11. The summed E-state index contributed by atoms with van der Waals surface area (Å²) in [5.74, 6) is 0. The maximum atomic E-state index is 3.11. The number of hydrogen-bond donors (Lipinski definition) is 2. The Bertz CT molecular complexity index is 157. The van der Waals surface area contributed by atoms with Gasteiger partial charge in [-0.15, -0.1) is 0 Å². The van der Waals surface area contributed by atoms with Gasteiger partial charge in [0.25, 0.3) is 0 Å². The third-order valence-corrected chi connectivity index (χ3v) is 4.44. The van der Waals surface area contributed by atoms with Crippen LogP contribution in [-0.4, -0.2) is 19.8 Å². The van der Waals surface area contributed by atoms with Crippen LogP contribution in [0.15, 0.2) is 0 Å². The number of unbranched alkanes of at least 4 members (excludes halogenated alkanes) is 14. The summed E-state index contributed by atoms with van der Waals surface area (Å²) in [4.78, 5) is 0. The van der Waals surface area contributed by atoms with Crippen molar-refractivity contribution < 1.29 is 0 Å². The Morgan fingerprint density at radius 2 is 0.727 bits per heavy atom. The first-order chi connectivity index (χ1) is 10.9. The fourth-order valence-electron chi connectivity index (χ4n) is 2.89. The molecule has 1 fully saturated rings. The molecule has 0 aromatic rings. The second-order valence-electron chi connectivity index (χ2n) is 6.77. The van der Waals surface area contributed by atoms with Gasteiger partial charge < -0.3 is 10.6 Å². The van der Waals surface area contributed by atoms with E-state index in [0.29, 0.717) is 0 Å². The molecule has 0 unspecified atom stereocenters. The van der Waals surface area contributed by atoms with E-state index in [0.717, 1.165) is 19.8 Å². The van der Waals surface area contributed by atoms with Gasteiger partial charge in [-0.05, 0) is 0 Å². The van der Waals surface area contributed by atoms with E-state index in [1.807, 2.05) is 0 Å². The average Bonchev–Trinajstić information content (AvgIpc) is 3.12. The fourth-order valence-corrected chi connectivity index (χ4v) is 2.89. The van der Waals surface area contributed by atoms with Crippen LogP contribution >= 0.6 is 0 Å². The zero-order valence-electron chi connectivity index (χ0n) is 15.7. The molecule has 0 spiro atoms. The average molecular weight is 313 g/mol. The minimum atomic E-state index is 1.00. The zero-order chi connectivity index (χ0) is 16.1. The van der Waals surface area contributed by atoms with E-state index in [1.54, 1.807) is 0 Å². The van der Waals surface area contributed by atoms with Gasteiger partial charge >= 0.3 is 0 Å². The van der Waals surface area contributed by atoms with Gasteiger partial charge in [-0.3, -0.25) is 0 Å². The van der Waals surface area contributed by atoms with Gasteiger partial charge in [0.1, 0.15) is 0 Å². The number of hydrogen-bond acceptors (Lipinski definition) is 2. The van der Waals surface area contributed by atoms with Crippen LogP contribution in [0.4, 0.5) is 0 Å². The van der Waals surface area contributed by atoms with Crippen molar-refractivity contribution in [3.63, 3.8) is 0 Å². The van der Waals surface area contributed by atoms with E-state index in [1.165, 1.54) is 96.3 Å². The molecular formula is C20H44N2. The summed E-state index contributed by atoms with van der Waals surface area (Å²) in [5, 5.41) is 6.22. The zero-order valence-corrected chi connectivity index (χ0v) is 15.7. The number of rotatable bonds is 14. The highest BCUT2D eigenvalue weighted by Gasteiger charge is 1.93. The van der Waals surface area contributed by atoms with Crippen molar-refractivity contribution in [1.29, 1.82) is 0 Å². The van der Waals surface area contributed by atoms with Crippen LogP contribution in [-0.2, 0) is 0 Å². The summed E-state index contributed by atoms with van der Waals surface area (Å²) >= 11 is 0. The van der Waals surface area contributed by atoms with E-state index in [2.05, 4.69) is 24.5 Å². The Kier molecular flexibility index (Phi) is 20.8. The second kappa shape index (κ2) is 20.9. The number of nitrogens with one attached hydrogen (secondary N) is 2. The Morgan fingerprint density at radius 3 is 0.909 bits per heavy atom. The molecule has 1 rings (SSSR count). The van der Waals surface area contributed by atoms with Gasteiger partial charge in [-0.2, -0.15) is 0 Å². The van der Waals surface area contributed by atoms with Gasteiger partial charge in [0, 0.05) is 19.8 Å². The molecule has 1 heterocycles. The van der Waals surface area contributed by atoms with Crippen molar-refractivity contribution in [3.8, 4) is 0 Å². The third kappa shape index (κ3) is 19.9. The first-order valence-electron chi connectivity index (χ1n) is 10.3. The van der Waals surface area contributed by atoms with Crippen molar-refractivity contribution in [2.75, 3.05) is 19.8 Å². The summed E-state index contributed by atoms with van der Waals surface area (Å²) in [6.45, 7) is 7.86. The largest absolute Gasteiger partial charge is 0.303 e. The SMILES string of the molecule is C1CNCN1.CCCCCCCCCCCCCCCCC. The molecule has 0 radical (unpaired) electrons. The molecule has 0 saturated carbocycles. The molecular weight excluding hydrogens is 268 g/mol. The lowest BCUT2D eigenvalue weighted by molar-refractivity contribution is 0.534. The molecule has 134 valence electrons. The molecule has 0 aliphatic carbocycles. The molecule has 1 aliphatic heterocycles. The first-order valence-corrected chi connectivity index (χ1v) is 10.3. The summed E-state index contributed by atoms with van der Waals surface area (Å²) in [7, 11) is 0. The van der Waals surface area contributed by atoms with Crippen molar-refractivity contribution in [2.24, 2.45) is 0 Å². The van der Waals surface area contributed by atoms with Gasteiger partial charge in [-0.25, -0.2) is 0 Å². The highest BCUT2D eigenvalue weighted by Crippen LogP contribution is 2.13. The molecule has 2 heteroatoms. The van der Waals surface area contributed by atoms with E-state index in [-0.39, 0.29) is 0 Å². The molecule has 0 aromatic heterocycles. The molecule has 0 amide bonds. The predicted octanol–water partition coefficient (Wildman–Crippen LogP) is 6.01. The van der Waals surface area contributed by atoms with E-state index < -0.39 is 0 Å². The molecule has 2 nitrogen and oxygen atoms in total. The Balaban J connectivity index is 0.000000734. The summed E-state index contributed by atoms with van der Waals surface area (Å²) in [6.07, 6.45) is 21.9. The lowest BCUT2D eigenvalue weighted by Gasteiger charge is -2.02. The van der Waals surface area contributed by atoms with Crippen LogP contribution in [0.1, 0.15) is 110 Å². The molecule has 22 heavy (non-hydrogen) atoms. The van der Waals surface area contributed by atoms with Crippen molar-refractivity contribution in [3.05, 3.63) is 0 Å². The van der Waals surface area contributed by atoms with E-state index >= 15 is 0 Å². The van der Waals surface area contributed by atoms with Gasteiger partial charge in [0.2, 0.25) is 0 Å². The van der Waals surface area contributed by atoms with E-state index in [9.17, 15) is 0 Å². The summed E-state index contributed by atoms with van der Waals surface area (Å²) < 4.78 is 0. The monoisotopic (exact) mass is 312 g/mol. The Morgan fingerprint density at radius 1 is 0.455 bits per heavy atom. The highest BCUT2D eigenvalue weighted by atomic mass is 15.1. The molecule has 1 aliphatic rings. The first kappa shape index (κ1) is 21.9. The maximum Gasteiger partial charge on any atom is 0.0455 e. The smallest absolute Gasteiger partial charge is 0.0455 e. The molecule has 0 bridgehead atoms. The molecule has 0 atom stereocenters. The lowest BCUT2D eigenvalue weighted by atomic mass is 10.0.